The van der Waals surface area contributed by atoms with Crippen LogP contribution in [0.25, 0.3) is 10.9 Å². The van der Waals surface area contributed by atoms with E-state index in [1.54, 1.807) is 4.90 Å². The van der Waals surface area contributed by atoms with Gasteiger partial charge in [0.05, 0.1) is 11.6 Å². The van der Waals surface area contributed by atoms with Crippen molar-refractivity contribution < 1.29 is 9.53 Å². The number of benzene rings is 1. The lowest BCUT2D eigenvalue weighted by Crippen LogP contribution is -2.36. The van der Waals surface area contributed by atoms with Crippen molar-refractivity contribution in [3.8, 4) is 0 Å². The number of rotatable bonds is 1. The molecule has 1 saturated heterocycles. The third-order valence-corrected chi connectivity index (χ3v) is 4.96. The summed E-state index contributed by atoms with van der Waals surface area (Å²) in [6, 6.07) is 7.84. The second-order valence-electron chi connectivity index (χ2n) is 7.01. The maximum atomic E-state index is 12.5. The molecule has 1 fully saturated rings. The average Bonchev–Trinajstić information content (AvgIpc) is 2.95. The van der Waals surface area contributed by atoms with Crippen molar-refractivity contribution in [1.29, 1.82) is 0 Å². The summed E-state index contributed by atoms with van der Waals surface area (Å²) in [7, 11) is 0. The van der Waals surface area contributed by atoms with Crippen LogP contribution in [0.3, 0.4) is 0 Å². The molecule has 0 aliphatic carbocycles. The Labute approximate surface area is 155 Å². The molecule has 1 aliphatic heterocycles. The summed E-state index contributed by atoms with van der Waals surface area (Å²) in [6.07, 6.45) is 1.49. The number of hydrogen-bond acceptors (Lipinski definition) is 3. The largest absolute Gasteiger partial charge is 0.444 e. The molecule has 3 rings (SSSR count). The van der Waals surface area contributed by atoms with Crippen LogP contribution in [0.5, 0.6) is 0 Å². The molecule has 0 N–H and O–H groups in total. The lowest BCUT2D eigenvalue weighted by molar-refractivity contribution is 0.0224. The highest BCUT2D eigenvalue weighted by molar-refractivity contribution is 9.10. The number of aromatic nitrogens is 1. The minimum absolute atomic E-state index is 0.0942. The number of para-hydroxylation sites is 1. The number of halogens is 2. The number of carbonyl (C=O) groups is 1. The molecule has 1 unspecified atom stereocenters. The number of hydrogen-bond donors (Lipinski definition) is 0. The third-order valence-electron chi connectivity index (χ3n) is 4.02. The predicted octanol–water partition coefficient (Wildman–Crippen LogP) is 5.72. The number of amides is 1. The predicted molar refractivity (Wildman–Crippen MR) is 99.4 cm³/mol. The van der Waals surface area contributed by atoms with Crippen LogP contribution in [0.2, 0.25) is 5.15 Å². The van der Waals surface area contributed by atoms with Gasteiger partial charge in [0.1, 0.15) is 10.8 Å². The van der Waals surface area contributed by atoms with Crippen LogP contribution in [0.4, 0.5) is 4.79 Å². The van der Waals surface area contributed by atoms with Crippen LogP contribution in [0.15, 0.2) is 28.7 Å². The van der Waals surface area contributed by atoms with Crippen LogP contribution in [-0.2, 0) is 4.74 Å². The Balaban J connectivity index is 1.97. The summed E-state index contributed by atoms with van der Waals surface area (Å²) >= 11 is 9.95. The van der Waals surface area contributed by atoms with E-state index >= 15 is 0 Å². The quantitative estimate of drug-likeness (QED) is 0.563. The molecule has 1 aromatic heterocycles. The van der Waals surface area contributed by atoms with Gasteiger partial charge < -0.3 is 9.64 Å². The maximum Gasteiger partial charge on any atom is 0.410 e. The number of fused-ring (bicyclic) bond motifs is 1. The van der Waals surface area contributed by atoms with E-state index < -0.39 is 5.60 Å². The Kier molecular flexibility index (Phi) is 4.76. The van der Waals surface area contributed by atoms with Gasteiger partial charge in [-0.15, -0.1) is 0 Å². The molecule has 1 aromatic carbocycles. The van der Waals surface area contributed by atoms with Gasteiger partial charge in [-0.25, -0.2) is 9.78 Å². The summed E-state index contributed by atoms with van der Waals surface area (Å²) in [6.45, 7) is 6.29. The first-order chi connectivity index (χ1) is 11.3. The molecule has 0 radical (unpaired) electrons. The third kappa shape index (κ3) is 3.52. The van der Waals surface area contributed by atoms with Gasteiger partial charge in [-0.1, -0.05) is 23.7 Å². The smallest absolute Gasteiger partial charge is 0.410 e. The fourth-order valence-electron chi connectivity index (χ4n) is 3.02. The van der Waals surface area contributed by atoms with Crippen molar-refractivity contribution in [1.82, 2.24) is 9.88 Å². The SMILES string of the molecule is CC(C)(C)OC(=O)N1CCCC1c1cc2cccc(Br)c2nc1Cl. The number of carbonyl (C=O) groups excluding carboxylic acids is 1. The molecule has 0 spiro atoms. The average molecular weight is 412 g/mol. The first-order valence-electron chi connectivity index (χ1n) is 8.00. The highest BCUT2D eigenvalue weighted by Crippen LogP contribution is 2.38. The first-order valence-corrected chi connectivity index (χ1v) is 9.17. The zero-order chi connectivity index (χ0) is 17.5. The van der Waals surface area contributed by atoms with Crippen molar-refractivity contribution in [2.75, 3.05) is 6.54 Å². The molecular weight excluding hydrogens is 392 g/mol. The summed E-state index contributed by atoms with van der Waals surface area (Å²) in [5.74, 6) is 0. The van der Waals surface area contributed by atoms with Gasteiger partial charge in [0.25, 0.3) is 0 Å². The lowest BCUT2D eigenvalue weighted by Gasteiger charge is -2.29. The number of ether oxygens (including phenoxy) is 1. The number of likely N-dealkylation sites (tertiary alicyclic amines) is 1. The topological polar surface area (TPSA) is 42.4 Å². The van der Waals surface area contributed by atoms with Crippen molar-refractivity contribution in [3.05, 3.63) is 39.5 Å². The summed E-state index contributed by atoms with van der Waals surface area (Å²) in [5.41, 5.74) is 1.19. The molecule has 128 valence electrons. The Morgan fingerprint density at radius 3 is 2.88 bits per heavy atom. The lowest BCUT2D eigenvalue weighted by atomic mass is 10.0. The second kappa shape index (κ2) is 6.52. The molecule has 6 heteroatoms. The van der Waals surface area contributed by atoms with Gasteiger partial charge >= 0.3 is 6.09 Å². The summed E-state index contributed by atoms with van der Waals surface area (Å²) in [4.78, 5) is 18.8. The fraction of sp³-hybridized carbons (Fsp3) is 0.444. The molecule has 4 nitrogen and oxygen atoms in total. The van der Waals surface area contributed by atoms with Crippen molar-refractivity contribution >= 4 is 44.5 Å². The number of nitrogens with zero attached hydrogens (tertiary/aromatic N) is 2. The van der Waals surface area contributed by atoms with E-state index in [4.69, 9.17) is 16.3 Å². The highest BCUT2D eigenvalue weighted by Gasteiger charge is 2.34. The van der Waals surface area contributed by atoms with Gasteiger partial charge in [-0.2, -0.15) is 0 Å². The minimum Gasteiger partial charge on any atom is -0.444 e. The monoisotopic (exact) mass is 410 g/mol. The van der Waals surface area contributed by atoms with E-state index in [9.17, 15) is 4.79 Å². The van der Waals surface area contributed by atoms with Gasteiger partial charge in [0.2, 0.25) is 0 Å². The standard InChI is InChI=1S/C18H20BrClN2O2/c1-18(2,3)24-17(23)22-9-5-8-14(22)12-10-11-6-4-7-13(19)15(11)21-16(12)20/h4,6-7,10,14H,5,8-9H2,1-3H3. The van der Waals surface area contributed by atoms with E-state index in [2.05, 4.69) is 20.9 Å². The van der Waals surface area contributed by atoms with Crippen LogP contribution < -0.4 is 0 Å². The van der Waals surface area contributed by atoms with E-state index in [0.717, 1.165) is 33.8 Å². The molecule has 1 atom stereocenters. The Morgan fingerprint density at radius 2 is 2.17 bits per heavy atom. The van der Waals surface area contributed by atoms with E-state index in [0.29, 0.717) is 11.7 Å². The molecule has 2 aromatic rings. The van der Waals surface area contributed by atoms with Gasteiger partial charge in [0, 0.05) is 22.0 Å². The fourth-order valence-corrected chi connectivity index (χ4v) is 3.75. The van der Waals surface area contributed by atoms with Gasteiger partial charge in [-0.05, 0) is 61.7 Å². The molecular formula is C18H20BrClN2O2. The van der Waals surface area contributed by atoms with E-state index in [-0.39, 0.29) is 12.1 Å². The van der Waals surface area contributed by atoms with E-state index in [1.165, 1.54) is 0 Å². The zero-order valence-electron chi connectivity index (χ0n) is 14.0. The highest BCUT2D eigenvalue weighted by atomic mass is 79.9. The second-order valence-corrected chi connectivity index (χ2v) is 8.22. The number of pyridine rings is 1. The van der Waals surface area contributed by atoms with Crippen molar-refractivity contribution in [3.63, 3.8) is 0 Å². The molecule has 1 aliphatic rings. The van der Waals surface area contributed by atoms with E-state index in [1.807, 2.05) is 45.0 Å². The van der Waals surface area contributed by atoms with Crippen molar-refractivity contribution in [2.45, 2.75) is 45.3 Å². The molecule has 2 heterocycles. The van der Waals surface area contributed by atoms with Crippen LogP contribution in [0, 0.1) is 0 Å². The minimum atomic E-state index is -0.513. The van der Waals surface area contributed by atoms with Crippen molar-refractivity contribution in [2.24, 2.45) is 0 Å². The molecule has 0 saturated carbocycles. The summed E-state index contributed by atoms with van der Waals surface area (Å²) in [5, 5.41) is 1.44. The molecule has 0 bridgehead atoms. The first kappa shape index (κ1) is 17.5. The molecule has 24 heavy (non-hydrogen) atoms. The normalized spacial score (nSPS) is 18.2. The Bertz CT molecular complexity index is 788. The van der Waals surface area contributed by atoms with Gasteiger partial charge in [0.15, 0.2) is 0 Å². The zero-order valence-corrected chi connectivity index (χ0v) is 16.3. The maximum absolute atomic E-state index is 12.5. The van der Waals surface area contributed by atoms with Crippen LogP contribution in [0.1, 0.15) is 45.2 Å². The Hall–Kier alpha value is -1.33. The van der Waals surface area contributed by atoms with Gasteiger partial charge in [-0.3, -0.25) is 0 Å². The Morgan fingerprint density at radius 1 is 1.42 bits per heavy atom. The van der Waals surface area contributed by atoms with Crippen LogP contribution >= 0.6 is 27.5 Å². The molecule has 1 amide bonds. The van der Waals surface area contributed by atoms with Crippen LogP contribution in [-0.4, -0.2) is 28.1 Å². The summed E-state index contributed by atoms with van der Waals surface area (Å²) < 4.78 is 6.44.